The number of halogens is 1. The largest absolute Gasteiger partial charge is 0.243 e. The molecule has 1 aliphatic rings. The molecular weight excluding hydrogens is 228 g/mol. The van der Waals surface area contributed by atoms with Crippen LogP contribution in [-0.2, 0) is 5.41 Å². The van der Waals surface area contributed by atoms with Gasteiger partial charge in [-0.05, 0) is 30.2 Å². The van der Waals surface area contributed by atoms with E-state index in [2.05, 4.69) is 18.0 Å². The van der Waals surface area contributed by atoms with Crippen molar-refractivity contribution in [2.75, 3.05) is 5.75 Å². The lowest BCUT2D eigenvalue weighted by molar-refractivity contribution is 0.888. The summed E-state index contributed by atoms with van der Waals surface area (Å²) in [6.07, 6.45) is 3.63. The van der Waals surface area contributed by atoms with Crippen molar-refractivity contribution in [1.29, 1.82) is 5.26 Å². The second-order valence-electron chi connectivity index (χ2n) is 3.64. The molecule has 0 spiro atoms. The zero-order chi connectivity index (χ0) is 10.9. The highest BCUT2D eigenvalue weighted by molar-refractivity contribution is 7.99. The maximum absolute atomic E-state index is 9.08. The number of rotatable bonds is 3. The molecule has 2 rings (SSSR count). The molecule has 1 heterocycles. The summed E-state index contributed by atoms with van der Waals surface area (Å²) >= 11 is 7.64. The van der Waals surface area contributed by atoms with E-state index in [0.29, 0.717) is 5.15 Å². The summed E-state index contributed by atoms with van der Waals surface area (Å²) in [6.45, 7) is 2.07. The van der Waals surface area contributed by atoms with E-state index in [1.807, 2.05) is 6.07 Å². The molecule has 1 fully saturated rings. The zero-order valence-corrected chi connectivity index (χ0v) is 10.0. The van der Waals surface area contributed by atoms with Crippen LogP contribution >= 0.6 is 23.4 Å². The molecule has 1 aromatic rings. The minimum absolute atomic E-state index is 0.263. The third-order valence-corrected chi connectivity index (χ3v) is 3.95. The first-order valence-electron chi connectivity index (χ1n) is 4.92. The Bertz CT molecular complexity index is 421. The van der Waals surface area contributed by atoms with Crippen LogP contribution < -0.4 is 0 Å². The molecule has 4 heteroatoms. The third kappa shape index (κ3) is 1.97. The van der Waals surface area contributed by atoms with Gasteiger partial charge in [-0.3, -0.25) is 0 Å². The summed E-state index contributed by atoms with van der Waals surface area (Å²) in [5.74, 6) is 0.963. The fourth-order valence-electron chi connectivity index (χ4n) is 1.54. The molecule has 15 heavy (non-hydrogen) atoms. The van der Waals surface area contributed by atoms with Gasteiger partial charge in [-0.25, -0.2) is 4.98 Å². The van der Waals surface area contributed by atoms with Gasteiger partial charge in [0, 0.05) is 11.1 Å². The maximum Gasteiger partial charge on any atom is 0.142 e. The van der Waals surface area contributed by atoms with Crippen molar-refractivity contribution < 1.29 is 0 Å². The van der Waals surface area contributed by atoms with Gasteiger partial charge in [0.1, 0.15) is 5.15 Å². The van der Waals surface area contributed by atoms with Gasteiger partial charge in [0.15, 0.2) is 0 Å². The number of thioether (sulfide) groups is 1. The molecule has 0 aromatic carbocycles. The quantitative estimate of drug-likeness (QED) is 0.598. The van der Waals surface area contributed by atoms with Crippen molar-refractivity contribution in [2.24, 2.45) is 0 Å². The Labute approximate surface area is 98.7 Å². The Balaban J connectivity index is 2.35. The summed E-state index contributed by atoms with van der Waals surface area (Å²) in [7, 11) is 0. The predicted octanol–water partition coefficient (Wildman–Crippen LogP) is 3.40. The number of nitriles is 1. The van der Waals surface area contributed by atoms with Gasteiger partial charge in [-0.2, -0.15) is 5.26 Å². The Morgan fingerprint density at radius 3 is 2.93 bits per heavy atom. The molecule has 1 aliphatic carbocycles. The summed E-state index contributed by atoms with van der Waals surface area (Å²) < 4.78 is 0. The van der Waals surface area contributed by atoms with E-state index < -0.39 is 0 Å². The Hall–Kier alpha value is -0.720. The van der Waals surface area contributed by atoms with Crippen LogP contribution in [0.1, 0.15) is 25.3 Å². The minimum Gasteiger partial charge on any atom is -0.243 e. The van der Waals surface area contributed by atoms with Gasteiger partial charge in [0.05, 0.1) is 11.5 Å². The van der Waals surface area contributed by atoms with Gasteiger partial charge in [-0.15, -0.1) is 11.8 Å². The number of aromatic nitrogens is 1. The average molecular weight is 239 g/mol. The van der Waals surface area contributed by atoms with Crippen LogP contribution in [0, 0.1) is 11.3 Å². The fourth-order valence-corrected chi connectivity index (χ4v) is 2.50. The van der Waals surface area contributed by atoms with E-state index in [1.165, 1.54) is 0 Å². The van der Waals surface area contributed by atoms with Crippen LogP contribution in [0.25, 0.3) is 0 Å². The summed E-state index contributed by atoms with van der Waals surface area (Å²) in [5, 5.41) is 9.62. The number of hydrogen-bond donors (Lipinski definition) is 0. The van der Waals surface area contributed by atoms with Crippen LogP contribution in [0.3, 0.4) is 0 Å². The summed E-state index contributed by atoms with van der Waals surface area (Å²) in [4.78, 5) is 5.13. The molecule has 0 radical (unpaired) electrons. The van der Waals surface area contributed by atoms with E-state index in [0.717, 1.165) is 29.1 Å². The normalized spacial score (nSPS) is 17.1. The van der Waals surface area contributed by atoms with Crippen molar-refractivity contribution in [1.82, 2.24) is 4.98 Å². The first-order chi connectivity index (χ1) is 7.22. The van der Waals surface area contributed by atoms with Gasteiger partial charge >= 0.3 is 0 Å². The molecule has 78 valence electrons. The monoisotopic (exact) mass is 238 g/mol. The van der Waals surface area contributed by atoms with Crippen molar-refractivity contribution in [3.63, 3.8) is 0 Å². The highest BCUT2D eigenvalue weighted by Crippen LogP contribution is 2.48. The highest BCUT2D eigenvalue weighted by atomic mass is 35.5. The van der Waals surface area contributed by atoms with Crippen LogP contribution in [0.5, 0.6) is 0 Å². The van der Waals surface area contributed by atoms with Crippen molar-refractivity contribution in [3.05, 3.63) is 23.0 Å². The fraction of sp³-hybridized carbons (Fsp3) is 0.455. The van der Waals surface area contributed by atoms with Gasteiger partial charge in [-0.1, -0.05) is 18.5 Å². The lowest BCUT2D eigenvalue weighted by Crippen LogP contribution is -2.03. The molecule has 1 aromatic heterocycles. The Kier molecular flexibility index (Phi) is 2.90. The third-order valence-electron chi connectivity index (χ3n) is 2.62. The molecule has 1 saturated carbocycles. The van der Waals surface area contributed by atoms with E-state index in [1.54, 1.807) is 18.0 Å². The van der Waals surface area contributed by atoms with Crippen LogP contribution in [0.15, 0.2) is 17.2 Å². The number of nitrogens with zero attached hydrogens (tertiary/aromatic N) is 2. The van der Waals surface area contributed by atoms with E-state index in [4.69, 9.17) is 16.9 Å². The van der Waals surface area contributed by atoms with Crippen molar-refractivity contribution in [2.45, 2.75) is 30.1 Å². The highest BCUT2D eigenvalue weighted by Gasteiger charge is 2.45. The van der Waals surface area contributed by atoms with E-state index >= 15 is 0 Å². The van der Waals surface area contributed by atoms with Crippen LogP contribution in [0.4, 0.5) is 0 Å². The molecular formula is C11H11ClN2S. The van der Waals surface area contributed by atoms with Gasteiger partial charge in [0.2, 0.25) is 0 Å². The first-order valence-corrected chi connectivity index (χ1v) is 6.28. The minimum atomic E-state index is -0.263. The maximum atomic E-state index is 9.08. The molecule has 0 bridgehead atoms. The molecule has 0 atom stereocenters. The van der Waals surface area contributed by atoms with Crippen molar-refractivity contribution in [3.8, 4) is 6.07 Å². The average Bonchev–Trinajstić information content (AvgIpc) is 3.02. The lowest BCUT2D eigenvalue weighted by Gasteiger charge is -2.08. The molecule has 0 unspecified atom stereocenters. The van der Waals surface area contributed by atoms with Gasteiger partial charge < -0.3 is 0 Å². The lowest BCUT2D eigenvalue weighted by atomic mass is 10.0. The topological polar surface area (TPSA) is 36.7 Å². The molecule has 0 aliphatic heterocycles. The molecule has 0 N–H and O–H groups in total. The van der Waals surface area contributed by atoms with Crippen molar-refractivity contribution >= 4 is 23.4 Å². The molecule has 0 amide bonds. The van der Waals surface area contributed by atoms with Crippen LogP contribution in [0.2, 0.25) is 5.15 Å². The number of pyridine rings is 1. The van der Waals surface area contributed by atoms with E-state index in [-0.39, 0.29) is 5.41 Å². The van der Waals surface area contributed by atoms with E-state index in [9.17, 15) is 0 Å². The zero-order valence-electron chi connectivity index (χ0n) is 8.46. The Morgan fingerprint density at radius 2 is 2.40 bits per heavy atom. The number of hydrogen-bond acceptors (Lipinski definition) is 3. The predicted molar refractivity (Wildman–Crippen MR) is 62.2 cm³/mol. The SMILES string of the molecule is CCSc1cc(C2(C#N)CC2)cnc1Cl. The molecule has 2 nitrogen and oxygen atoms in total. The van der Waals surface area contributed by atoms with Gasteiger partial charge in [0.25, 0.3) is 0 Å². The summed E-state index contributed by atoms with van der Waals surface area (Å²) in [5.41, 5.74) is 0.756. The van der Waals surface area contributed by atoms with Crippen LogP contribution in [-0.4, -0.2) is 10.7 Å². The molecule has 0 saturated heterocycles. The first kappa shape index (κ1) is 10.8. The summed E-state index contributed by atoms with van der Waals surface area (Å²) in [6, 6.07) is 4.38. The standard InChI is InChI=1S/C11H11ClN2S/c1-2-15-9-5-8(6-14-10(9)12)11(7-13)3-4-11/h5-6H,2-4H2,1H3. The second-order valence-corrected chi connectivity index (χ2v) is 5.30. The Morgan fingerprint density at radius 1 is 1.67 bits per heavy atom. The second kappa shape index (κ2) is 4.03. The smallest absolute Gasteiger partial charge is 0.142 e.